The highest BCUT2D eigenvalue weighted by Crippen LogP contribution is 2.33. The number of carbonyl (C=O) groups excluding carboxylic acids is 2. The quantitative estimate of drug-likeness (QED) is 0.489. The fourth-order valence-electron chi connectivity index (χ4n) is 4.17. The molecule has 5 nitrogen and oxygen atoms in total. The lowest BCUT2D eigenvalue weighted by atomic mass is 10.0. The molecule has 3 aromatic rings. The minimum atomic E-state index is -0.140. The molecule has 1 aliphatic rings. The molecule has 1 aromatic heterocycles. The average Bonchev–Trinajstić information content (AvgIpc) is 3.45. The molecular weight excluding hydrogens is 418 g/mol. The first-order valence-electron chi connectivity index (χ1n) is 11.2. The summed E-state index contributed by atoms with van der Waals surface area (Å²) in [5, 5.41) is 7.20. The highest BCUT2D eigenvalue weighted by atomic mass is 32.2. The molecule has 2 atom stereocenters. The van der Waals surface area contributed by atoms with Crippen LogP contribution in [0.5, 0.6) is 0 Å². The van der Waals surface area contributed by atoms with E-state index in [1.54, 1.807) is 17.8 Å². The summed E-state index contributed by atoms with van der Waals surface area (Å²) in [6.45, 7) is 4.85. The molecule has 0 bridgehead atoms. The van der Waals surface area contributed by atoms with Crippen molar-refractivity contribution in [3.05, 3.63) is 89.1 Å². The van der Waals surface area contributed by atoms with Gasteiger partial charge < -0.3 is 15.2 Å². The number of hydrogen-bond acceptors (Lipinski definition) is 3. The number of aromatic nitrogens is 1. The number of amides is 2. The summed E-state index contributed by atoms with van der Waals surface area (Å²) in [4.78, 5) is 26.4. The van der Waals surface area contributed by atoms with Gasteiger partial charge in [-0.05, 0) is 30.0 Å². The van der Waals surface area contributed by atoms with Gasteiger partial charge in [-0.1, -0.05) is 74.5 Å². The Hall–Kier alpha value is -2.99. The van der Waals surface area contributed by atoms with E-state index in [1.165, 1.54) is 0 Å². The van der Waals surface area contributed by atoms with Gasteiger partial charge in [-0.15, -0.1) is 11.8 Å². The third-order valence-corrected chi connectivity index (χ3v) is 7.01. The Kier molecular flexibility index (Phi) is 7.00. The van der Waals surface area contributed by atoms with Crippen molar-refractivity contribution >= 4 is 23.6 Å². The minimum absolute atomic E-state index is 0.0644. The molecule has 4 rings (SSSR count). The van der Waals surface area contributed by atoms with Gasteiger partial charge in [-0.25, -0.2) is 0 Å². The van der Waals surface area contributed by atoms with Crippen molar-refractivity contribution in [2.75, 3.05) is 5.75 Å². The largest absolute Gasteiger partial charge is 0.345 e. The minimum Gasteiger partial charge on any atom is -0.345 e. The zero-order valence-electron chi connectivity index (χ0n) is 18.5. The van der Waals surface area contributed by atoms with E-state index in [4.69, 9.17) is 0 Å². The predicted molar refractivity (Wildman–Crippen MR) is 129 cm³/mol. The van der Waals surface area contributed by atoms with E-state index >= 15 is 0 Å². The summed E-state index contributed by atoms with van der Waals surface area (Å²) in [6, 6.07) is 21.6. The van der Waals surface area contributed by atoms with Crippen LogP contribution in [0.25, 0.3) is 0 Å². The molecule has 2 amide bonds. The Morgan fingerprint density at radius 2 is 1.41 bits per heavy atom. The fourth-order valence-corrected chi connectivity index (χ4v) is 5.29. The lowest BCUT2D eigenvalue weighted by Gasteiger charge is -2.18. The van der Waals surface area contributed by atoms with Crippen LogP contribution in [0.1, 0.15) is 70.7 Å². The number of nitrogens with zero attached hydrogens (tertiary/aromatic N) is 1. The summed E-state index contributed by atoms with van der Waals surface area (Å²) < 4.78 is 1.98. The predicted octanol–water partition coefficient (Wildman–Crippen LogP) is 5.36. The van der Waals surface area contributed by atoms with Crippen molar-refractivity contribution in [2.45, 2.75) is 50.3 Å². The Morgan fingerprint density at radius 3 is 1.94 bits per heavy atom. The molecule has 166 valence electrons. The van der Waals surface area contributed by atoms with Crippen molar-refractivity contribution in [3.63, 3.8) is 0 Å². The standard InChI is InChI=1S/C26H29N3O2S/c1-3-21(18-11-7-5-8-12-18)27-24(30)20-17-23(29-15-16-32-26(20)29)25(31)28-22(4-2)19-13-9-6-10-14-19/h5-14,17,21-22H,3-4,15-16H2,1-2H3,(H,27,30)(H,28,31). The molecule has 0 radical (unpaired) electrons. The van der Waals surface area contributed by atoms with E-state index in [0.29, 0.717) is 11.3 Å². The number of fused-ring (bicyclic) bond motifs is 1. The van der Waals surface area contributed by atoms with Crippen LogP contribution in [0.4, 0.5) is 0 Å². The first-order chi connectivity index (χ1) is 15.6. The third-order valence-electron chi connectivity index (χ3n) is 5.91. The van der Waals surface area contributed by atoms with Gasteiger partial charge >= 0.3 is 0 Å². The van der Waals surface area contributed by atoms with Crippen LogP contribution in [-0.4, -0.2) is 22.1 Å². The summed E-state index contributed by atoms with van der Waals surface area (Å²) in [7, 11) is 0. The summed E-state index contributed by atoms with van der Waals surface area (Å²) in [5.41, 5.74) is 3.30. The van der Waals surface area contributed by atoms with E-state index in [-0.39, 0.29) is 23.9 Å². The van der Waals surface area contributed by atoms with Crippen LogP contribution in [0.2, 0.25) is 0 Å². The van der Waals surface area contributed by atoms with E-state index in [9.17, 15) is 9.59 Å². The maximum absolute atomic E-state index is 13.2. The molecule has 0 spiro atoms. The summed E-state index contributed by atoms with van der Waals surface area (Å²) in [5.74, 6) is 0.592. The Bertz CT molecular complexity index is 995. The number of carbonyl (C=O) groups is 2. The lowest BCUT2D eigenvalue weighted by molar-refractivity contribution is 0.0922. The molecule has 32 heavy (non-hydrogen) atoms. The van der Waals surface area contributed by atoms with Gasteiger partial charge in [-0.3, -0.25) is 9.59 Å². The number of nitrogens with one attached hydrogen (secondary N) is 2. The molecule has 0 fully saturated rings. The Labute approximate surface area is 193 Å². The average molecular weight is 448 g/mol. The monoisotopic (exact) mass is 447 g/mol. The molecule has 2 unspecified atom stereocenters. The molecule has 2 N–H and O–H groups in total. The summed E-state index contributed by atoms with van der Waals surface area (Å²) >= 11 is 1.63. The van der Waals surface area contributed by atoms with Gasteiger partial charge in [0.15, 0.2) is 0 Å². The normalized spacial score (nSPS) is 14.4. The van der Waals surface area contributed by atoms with Crippen LogP contribution in [0.15, 0.2) is 71.8 Å². The van der Waals surface area contributed by atoms with Crippen molar-refractivity contribution in [1.29, 1.82) is 0 Å². The lowest BCUT2D eigenvalue weighted by Crippen LogP contribution is -2.30. The zero-order chi connectivity index (χ0) is 22.5. The van der Waals surface area contributed by atoms with Crippen molar-refractivity contribution in [1.82, 2.24) is 15.2 Å². The molecular formula is C26H29N3O2S. The second-order valence-corrected chi connectivity index (χ2v) is 9.02. The summed E-state index contributed by atoms with van der Waals surface area (Å²) in [6.07, 6.45) is 1.59. The number of benzene rings is 2. The zero-order valence-corrected chi connectivity index (χ0v) is 19.3. The van der Waals surface area contributed by atoms with Crippen LogP contribution in [-0.2, 0) is 6.54 Å². The van der Waals surface area contributed by atoms with Gasteiger partial charge in [0.1, 0.15) is 5.69 Å². The molecule has 0 saturated heterocycles. The van der Waals surface area contributed by atoms with E-state index in [1.807, 2.05) is 65.2 Å². The molecule has 1 aliphatic heterocycles. The smallest absolute Gasteiger partial charge is 0.268 e. The van der Waals surface area contributed by atoms with Crippen LogP contribution in [0.3, 0.4) is 0 Å². The first kappa shape index (κ1) is 22.2. The maximum atomic E-state index is 13.2. The second kappa shape index (κ2) is 10.1. The van der Waals surface area contributed by atoms with Gasteiger partial charge in [-0.2, -0.15) is 0 Å². The molecule has 2 heterocycles. The highest BCUT2D eigenvalue weighted by molar-refractivity contribution is 7.99. The number of thioether (sulfide) groups is 1. The maximum Gasteiger partial charge on any atom is 0.268 e. The topological polar surface area (TPSA) is 63.1 Å². The van der Waals surface area contributed by atoms with Crippen LogP contribution >= 0.6 is 11.8 Å². The molecule has 6 heteroatoms. The third kappa shape index (κ3) is 4.60. The van der Waals surface area contributed by atoms with E-state index in [0.717, 1.165) is 41.3 Å². The fraction of sp³-hybridized carbons (Fsp3) is 0.308. The second-order valence-electron chi connectivity index (χ2n) is 7.94. The Balaban J connectivity index is 1.56. The van der Waals surface area contributed by atoms with Crippen LogP contribution < -0.4 is 10.6 Å². The van der Waals surface area contributed by atoms with E-state index < -0.39 is 0 Å². The SMILES string of the molecule is CCC(NC(=O)c1cc(C(=O)NC(CC)c2ccccc2)n2c1SCC2)c1ccccc1. The van der Waals surface area contributed by atoms with Crippen molar-refractivity contribution in [3.8, 4) is 0 Å². The van der Waals surface area contributed by atoms with Gasteiger partial charge in [0.05, 0.1) is 22.7 Å². The molecule has 2 aromatic carbocycles. The highest BCUT2D eigenvalue weighted by Gasteiger charge is 2.29. The first-order valence-corrected chi connectivity index (χ1v) is 12.2. The van der Waals surface area contributed by atoms with Crippen LogP contribution in [0, 0.1) is 0 Å². The molecule has 0 aliphatic carbocycles. The van der Waals surface area contributed by atoms with Gasteiger partial charge in [0.2, 0.25) is 0 Å². The molecule has 0 saturated carbocycles. The number of hydrogen-bond donors (Lipinski definition) is 2. The number of rotatable bonds is 8. The van der Waals surface area contributed by atoms with Gasteiger partial charge in [0.25, 0.3) is 11.8 Å². The van der Waals surface area contributed by atoms with E-state index in [2.05, 4.69) is 24.5 Å². The van der Waals surface area contributed by atoms with Crippen molar-refractivity contribution < 1.29 is 9.59 Å². The Morgan fingerprint density at radius 1 is 0.875 bits per heavy atom. The van der Waals surface area contributed by atoms with Crippen molar-refractivity contribution in [2.24, 2.45) is 0 Å². The van der Waals surface area contributed by atoms with Gasteiger partial charge in [0, 0.05) is 12.3 Å².